The number of nitrogens with zero attached hydrogens (tertiary/aromatic N) is 1. The molecule has 2 saturated carbocycles. The lowest BCUT2D eigenvalue weighted by atomic mass is 9.63. The second-order valence-electron chi connectivity index (χ2n) is 9.26. The van der Waals surface area contributed by atoms with E-state index in [1.165, 1.54) is 38.5 Å². The first-order chi connectivity index (χ1) is 15.1. The lowest BCUT2D eigenvalue weighted by Gasteiger charge is -2.48. The van der Waals surface area contributed by atoms with E-state index in [9.17, 15) is 4.79 Å². The zero-order valence-electron chi connectivity index (χ0n) is 18.8. The minimum Gasteiger partial charge on any atom is -0.462 e. The van der Waals surface area contributed by atoms with E-state index >= 15 is 0 Å². The SMILES string of the molecule is CCOC(=O)c1ccc(NC2(CC)CC3CCCC(C3)C2)c(NCc2ccncc2)c1. The number of pyridine rings is 1. The van der Waals surface area contributed by atoms with Crippen molar-refractivity contribution in [2.75, 3.05) is 17.2 Å². The number of hydrogen-bond donors (Lipinski definition) is 2. The van der Waals surface area contributed by atoms with Gasteiger partial charge in [0.05, 0.1) is 23.5 Å². The van der Waals surface area contributed by atoms with Gasteiger partial charge in [-0.05, 0) is 80.3 Å². The summed E-state index contributed by atoms with van der Waals surface area (Å²) in [7, 11) is 0. The minimum atomic E-state index is -0.279. The van der Waals surface area contributed by atoms with Gasteiger partial charge in [0, 0.05) is 24.5 Å². The first kappa shape index (κ1) is 21.7. The van der Waals surface area contributed by atoms with Crippen molar-refractivity contribution in [1.82, 2.24) is 4.98 Å². The van der Waals surface area contributed by atoms with Crippen LogP contribution >= 0.6 is 0 Å². The van der Waals surface area contributed by atoms with Gasteiger partial charge in [0.25, 0.3) is 0 Å². The molecule has 2 fully saturated rings. The van der Waals surface area contributed by atoms with E-state index in [4.69, 9.17) is 4.74 Å². The van der Waals surface area contributed by atoms with E-state index in [0.717, 1.165) is 35.2 Å². The summed E-state index contributed by atoms with van der Waals surface area (Å²) in [5.41, 5.74) is 3.89. The summed E-state index contributed by atoms with van der Waals surface area (Å²) < 4.78 is 5.23. The zero-order chi connectivity index (χ0) is 21.7. The largest absolute Gasteiger partial charge is 0.462 e. The Bertz CT molecular complexity index is 871. The van der Waals surface area contributed by atoms with Crippen molar-refractivity contribution in [2.45, 2.75) is 70.9 Å². The number of hydrogen-bond acceptors (Lipinski definition) is 5. The van der Waals surface area contributed by atoms with Crippen LogP contribution in [0.15, 0.2) is 42.7 Å². The van der Waals surface area contributed by atoms with Crippen LogP contribution in [-0.2, 0) is 11.3 Å². The van der Waals surface area contributed by atoms with E-state index in [0.29, 0.717) is 18.7 Å². The standard InChI is InChI=1S/C26H35N3O2/c1-3-26(16-20-6-5-7-21(14-20)17-26)29-23-9-8-22(25(30)31-4-2)15-24(23)28-18-19-10-12-27-13-11-19/h8-13,15,20-21,28-29H,3-7,14,16-18H2,1-2H3. The van der Waals surface area contributed by atoms with Crippen LogP contribution in [-0.4, -0.2) is 23.1 Å². The third-order valence-electron chi connectivity index (χ3n) is 7.09. The molecule has 1 aromatic heterocycles. The number of esters is 1. The number of fused-ring (bicyclic) bond motifs is 2. The third-order valence-corrected chi connectivity index (χ3v) is 7.09. The van der Waals surface area contributed by atoms with Crippen molar-refractivity contribution in [3.63, 3.8) is 0 Å². The zero-order valence-corrected chi connectivity index (χ0v) is 18.8. The van der Waals surface area contributed by atoms with Crippen molar-refractivity contribution in [3.8, 4) is 0 Å². The number of carbonyl (C=O) groups is 1. The summed E-state index contributed by atoms with van der Waals surface area (Å²) in [5.74, 6) is 1.40. The highest BCUT2D eigenvalue weighted by Crippen LogP contribution is 2.47. The number of benzene rings is 1. The Hall–Kier alpha value is -2.56. The molecule has 2 atom stereocenters. The summed E-state index contributed by atoms with van der Waals surface area (Å²) in [4.78, 5) is 16.4. The molecule has 0 radical (unpaired) electrons. The third kappa shape index (κ3) is 5.20. The molecule has 2 unspecified atom stereocenters. The number of ether oxygens (including phenoxy) is 1. The number of nitrogens with one attached hydrogen (secondary N) is 2. The fraction of sp³-hybridized carbons (Fsp3) is 0.538. The van der Waals surface area contributed by atoms with Crippen molar-refractivity contribution in [1.29, 1.82) is 0 Å². The van der Waals surface area contributed by atoms with Crippen LogP contribution in [0.25, 0.3) is 0 Å². The lowest BCUT2D eigenvalue weighted by molar-refractivity contribution is 0.0526. The molecule has 0 spiro atoms. The Labute approximate surface area is 186 Å². The Morgan fingerprint density at radius 1 is 1.10 bits per heavy atom. The normalized spacial score (nSPS) is 25.0. The molecule has 0 saturated heterocycles. The monoisotopic (exact) mass is 421 g/mol. The minimum absolute atomic E-state index is 0.131. The second kappa shape index (κ2) is 9.71. The number of rotatable bonds is 8. The smallest absolute Gasteiger partial charge is 0.338 e. The highest BCUT2D eigenvalue weighted by Gasteiger charge is 2.41. The van der Waals surface area contributed by atoms with Gasteiger partial charge in [-0.2, -0.15) is 0 Å². The van der Waals surface area contributed by atoms with Gasteiger partial charge < -0.3 is 15.4 Å². The van der Waals surface area contributed by atoms with Gasteiger partial charge in [-0.3, -0.25) is 4.98 Å². The average Bonchev–Trinajstić information content (AvgIpc) is 2.79. The van der Waals surface area contributed by atoms with Gasteiger partial charge in [0.2, 0.25) is 0 Å². The van der Waals surface area contributed by atoms with E-state index in [-0.39, 0.29) is 11.5 Å². The summed E-state index contributed by atoms with van der Waals surface area (Å²) in [6, 6.07) is 9.86. The highest BCUT2D eigenvalue weighted by atomic mass is 16.5. The predicted molar refractivity (Wildman–Crippen MR) is 125 cm³/mol. The van der Waals surface area contributed by atoms with Gasteiger partial charge in [-0.25, -0.2) is 4.79 Å². The molecule has 0 amide bonds. The van der Waals surface area contributed by atoms with Crippen molar-refractivity contribution >= 4 is 17.3 Å². The lowest BCUT2D eigenvalue weighted by Crippen LogP contribution is -2.46. The summed E-state index contributed by atoms with van der Waals surface area (Å²) >= 11 is 0. The van der Waals surface area contributed by atoms with Crippen LogP contribution in [0.3, 0.4) is 0 Å². The summed E-state index contributed by atoms with van der Waals surface area (Å²) in [6.07, 6.45) is 12.7. The first-order valence-electron chi connectivity index (χ1n) is 11.8. The van der Waals surface area contributed by atoms with E-state index < -0.39 is 0 Å². The molecule has 1 aromatic carbocycles. The molecule has 2 bridgehead atoms. The number of aromatic nitrogens is 1. The summed E-state index contributed by atoms with van der Waals surface area (Å²) in [5, 5.41) is 7.50. The number of anilines is 2. The maximum absolute atomic E-state index is 12.3. The van der Waals surface area contributed by atoms with Crippen molar-refractivity contribution < 1.29 is 9.53 Å². The van der Waals surface area contributed by atoms with Crippen LogP contribution in [0.1, 0.15) is 74.7 Å². The van der Waals surface area contributed by atoms with E-state index in [2.05, 4.69) is 22.5 Å². The molecule has 5 nitrogen and oxygen atoms in total. The van der Waals surface area contributed by atoms with E-state index in [1.54, 1.807) is 12.4 Å². The van der Waals surface area contributed by atoms with Crippen LogP contribution in [0, 0.1) is 11.8 Å². The van der Waals surface area contributed by atoms with Crippen LogP contribution in [0.4, 0.5) is 11.4 Å². The maximum Gasteiger partial charge on any atom is 0.338 e. The quantitative estimate of drug-likeness (QED) is 0.510. The van der Waals surface area contributed by atoms with Gasteiger partial charge in [0.15, 0.2) is 0 Å². The van der Waals surface area contributed by atoms with Gasteiger partial charge in [-0.15, -0.1) is 0 Å². The molecule has 2 N–H and O–H groups in total. The van der Waals surface area contributed by atoms with Crippen molar-refractivity contribution in [3.05, 3.63) is 53.9 Å². The van der Waals surface area contributed by atoms with Gasteiger partial charge >= 0.3 is 5.97 Å². The second-order valence-corrected chi connectivity index (χ2v) is 9.26. The average molecular weight is 422 g/mol. The molecule has 31 heavy (non-hydrogen) atoms. The molecule has 166 valence electrons. The first-order valence-corrected chi connectivity index (χ1v) is 11.8. The molecular weight excluding hydrogens is 386 g/mol. The van der Waals surface area contributed by atoms with Crippen LogP contribution in [0.2, 0.25) is 0 Å². The van der Waals surface area contributed by atoms with Crippen molar-refractivity contribution in [2.24, 2.45) is 11.8 Å². The maximum atomic E-state index is 12.3. The fourth-order valence-electron chi connectivity index (χ4n) is 5.57. The van der Waals surface area contributed by atoms with E-state index in [1.807, 2.05) is 37.3 Å². The van der Waals surface area contributed by atoms with Crippen LogP contribution in [0.5, 0.6) is 0 Å². The Kier molecular flexibility index (Phi) is 6.79. The van der Waals surface area contributed by atoms with Gasteiger partial charge in [-0.1, -0.05) is 26.2 Å². The molecular formula is C26H35N3O2. The molecule has 2 aliphatic rings. The molecule has 5 heteroatoms. The molecule has 4 rings (SSSR count). The predicted octanol–water partition coefficient (Wildman–Crippen LogP) is 6.03. The molecule has 2 aromatic rings. The Balaban J connectivity index is 1.59. The Morgan fingerprint density at radius 2 is 1.84 bits per heavy atom. The fourth-order valence-corrected chi connectivity index (χ4v) is 5.57. The summed E-state index contributed by atoms with van der Waals surface area (Å²) in [6.45, 7) is 5.20. The topological polar surface area (TPSA) is 63.2 Å². The number of carbonyl (C=O) groups excluding carboxylic acids is 1. The Morgan fingerprint density at radius 3 is 2.52 bits per heavy atom. The highest BCUT2D eigenvalue weighted by molar-refractivity contribution is 5.92. The van der Waals surface area contributed by atoms with Gasteiger partial charge in [0.1, 0.15) is 0 Å². The molecule has 2 aliphatic carbocycles. The molecule has 1 heterocycles. The molecule has 0 aliphatic heterocycles. The van der Waals surface area contributed by atoms with Crippen LogP contribution < -0.4 is 10.6 Å².